The Balaban J connectivity index is 1.92. The second-order valence-electron chi connectivity index (χ2n) is 6.43. The first kappa shape index (κ1) is 14.8. The minimum Gasteiger partial charge on any atom is -0.379 e. The fourth-order valence-corrected chi connectivity index (χ4v) is 3.71. The van der Waals surface area contributed by atoms with Gasteiger partial charge in [0.2, 0.25) is 0 Å². The highest BCUT2D eigenvalue weighted by Crippen LogP contribution is 2.37. The molecule has 1 aromatic rings. The molecule has 0 aromatic carbocycles. The second-order valence-corrected chi connectivity index (χ2v) is 6.43. The van der Waals surface area contributed by atoms with Crippen LogP contribution in [0.1, 0.15) is 42.8 Å². The van der Waals surface area contributed by atoms with Gasteiger partial charge in [-0.15, -0.1) is 0 Å². The van der Waals surface area contributed by atoms with Crippen LogP contribution in [0, 0.1) is 0 Å². The predicted octanol–water partition coefficient (Wildman–Crippen LogP) is 2.53. The quantitative estimate of drug-likeness (QED) is 0.853. The largest absolute Gasteiger partial charge is 0.379 e. The first-order valence-electron chi connectivity index (χ1n) is 7.98. The van der Waals surface area contributed by atoms with Crippen molar-refractivity contribution in [3.8, 4) is 0 Å². The average Bonchev–Trinajstić information content (AvgIpc) is 2.85. The maximum absolute atomic E-state index is 5.45. The SMILES string of the molecule is C=Cn1c(CN2CCOCC2)cc2c1[C@H](C)CN(C)[C@@H]2C. The summed E-state index contributed by atoms with van der Waals surface area (Å²) in [6, 6.07) is 2.88. The Morgan fingerprint density at radius 2 is 2.05 bits per heavy atom. The van der Waals surface area contributed by atoms with E-state index in [0.717, 1.165) is 39.4 Å². The molecular formula is C17H27N3O. The summed E-state index contributed by atoms with van der Waals surface area (Å²) < 4.78 is 7.78. The van der Waals surface area contributed by atoms with Crippen LogP contribution in [0.25, 0.3) is 6.20 Å². The molecule has 1 aromatic heterocycles. The molecule has 0 N–H and O–H groups in total. The highest BCUT2D eigenvalue weighted by molar-refractivity contribution is 5.42. The van der Waals surface area contributed by atoms with E-state index in [2.05, 4.69) is 47.9 Å². The van der Waals surface area contributed by atoms with Gasteiger partial charge in [0.15, 0.2) is 0 Å². The molecule has 2 aliphatic heterocycles. The van der Waals surface area contributed by atoms with Crippen molar-refractivity contribution in [2.45, 2.75) is 32.4 Å². The molecule has 4 heteroatoms. The zero-order valence-electron chi connectivity index (χ0n) is 13.5. The van der Waals surface area contributed by atoms with Crippen molar-refractivity contribution in [2.24, 2.45) is 0 Å². The van der Waals surface area contributed by atoms with E-state index in [1.165, 1.54) is 17.0 Å². The number of nitrogens with zero attached hydrogens (tertiary/aromatic N) is 3. The zero-order valence-corrected chi connectivity index (χ0v) is 13.5. The van der Waals surface area contributed by atoms with Crippen molar-refractivity contribution in [2.75, 3.05) is 39.9 Å². The number of likely N-dealkylation sites (N-methyl/N-ethyl adjacent to an activating group) is 1. The summed E-state index contributed by atoms with van der Waals surface area (Å²) in [5, 5.41) is 0. The van der Waals surface area contributed by atoms with Crippen LogP contribution in [-0.4, -0.2) is 54.3 Å². The first-order valence-corrected chi connectivity index (χ1v) is 7.98. The Morgan fingerprint density at radius 1 is 1.33 bits per heavy atom. The molecule has 3 rings (SSSR count). The molecule has 0 amide bonds. The smallest absolute Gasteiger partial charge is 0.0594 e. The molecule has 1 fully saturated rings. The second kappa shape index (κ2) is 5.95. The van der Waals surface area contributed by atoms with Crippen molar-refractivity contribution in [1.82, 2.24) is 14.4 Å². The lowest BCUT2D eigenvalue weighted by atomic mass is 9.93. The molecule has 0 bridgehead atoms. The Bertz CT molecular complexity index is 516. The molecular weight excluding hydrogens is 262 g/mol. The van der Waals surface area contributed by atoms with Crippen LogP contribution in [0.2, 0.25) is 0 Å². The van der Waals surface area contributed by atoms with Crippen LogP contribution in [-0.2, 0) is 11.3 Å². The van der Waals surface area contributed by atoms with Crippen LogP contribution < -0.4 is 0 Å². The van der Waals surface area contributed by atoms with Crippen LogP contribution >= 0.6 is 0 Å². The molecule has 0 saturated carbocycles. The standard InChI is InChI=1S/C17H27N3O/c1-5-20-15(12-19-6-8-21-9-7-19)10-16-14(3)18(4)11-13(2)17(16)20/h5,10,13-14H,1,6-9,11-12H2,2-4H3/t13-,14-/m1/s1. The van der Waals surface area contributed by atoms with Gasteiger partial charge in [-0.3, -0.25) is 9.80 Å². The lowest BCUT2D eigenvalue weighted by Crippen LogP contribution is -2.36. The van der Waals surface area contributed by atoms with Gasteiger partial charge in [0.1, 0.15) is 0 Å². The van der Waals surface area contributed by atoms with Crippen LogP contribution in [0.15, 0.2) is 12.6 Å². The number of rotatable bonds is 3. The molecule has 4 nitrogen and oxygen atoms in total. The van der Waals surface area contributed by atoms with Crippen LogP contribution in [0.3, 0.4) is 0 Å². The number of hydrogen-bond donors (Lipinski definition) is 0. The molecule has 0 unspecified atom stereocenters. The first-order chi connectivity index (χ1) is 10.1. The fraction of sp³-hybridized carbons (Fsp3) is 0.647. The monoisotopic (exact) mass is 289 g/mol. The van der Waals surface area contributed by atoms with Gasteiger partial charge in [0.25, 0.3) is 0 Å². The van der Waals surface area contributed by atoms with Gasteiger partial charge in [0, 0.05) is 55.7 Å². The van der Waals surface area contributed by atoms with Crippen LogP contribution in [0.5, 0.6) is 0 Å². The van der Waals surface area contributed by atoms with Gasteiger partial charge in [-0.05, 0) is 25.6 Å². The number of morpholine rings is 1. The van der Waals surface area contributed by atoms with E-state index in [9.17, 15) is 0 Å². The van der Waals surface area contributed by atoms with E-state index >= 15 is 0 Å². The number of hydrogen-bond acceptors (Lipinski definition) is 3. The van der Waals surface area contributed by atoms with Gasteiger partial charge < -0.3 is 9.30 Å². The van der Waals surface area contributed by atoms with Crippen molar-refractivity contribution in [1.29, 1.82) is 0 Å². The Morgan fingerprint density at radius 3 is 2.71 bits per heavy atom. The number of fused-ring (bicyclic) bond motifs is 1. The van der Waals surface area contributed by atoms with E-state index in [1.54, 1.807) is 0 Å². The highest BCUT2D eigenvalue weighted by atomic mass is 16.5. The van der Waals surface area contributed by atoms with Crippen molar-refractivity contribution in [3.05, 3.63) is 29.6 Å². The topological polar surface area (TPSA) is 20.6 Å². The lowest BCUT2D eigenvalue weighted by molar-refractivity contribution is 0.0335. The summed E-state index contributed by atoms with van der Waals surface area (Å²) in [7, 11) is 2.22. The van der Waals surface area contributed by atoms with Gasteiger partial charge in [-0.1, -0.05) is 13.5 Å². The van der Waals surface area contributed by atoms with Gasteiger partial charge in [0.05, 0.1) is 13.2 Å². The minimum atomic E-state index is 0.487. The average molecular weight is 289 g/mol. The maximum Gasteiger partial charge on any atom is 0.0594 e. The molecule has 2 aliphatic rings. The van der Waals surface area contributed by atoms with E-state index in [4.69, 9.17) is 4.74 Å². The van der Waals surface area contributed by atoms with Crippen LogP contribution in [0.4, 0.5) is 0 Å². The molecule has 0 aliphatic carbocycles. The summed E-state index contributed by atoms with van der Waals surface area (Å²) >= 11 is 0. The minimum absolute atomic E-state index is 0.487. The number of aromatic nitrogens is 1. The van der Waals surface area contributed by atoms with Crippen molar-refractivity contribution < 1.29 is 4.74 Å². The predicted molar refractivity (Wildman–Crippen MR) is 86.4 cm³/mol. The lowest BCUT2D eigenvalue weighted by Gasteiger charge is -2.34. The molecule has 116 valence electrons. The van der Waals surface area contributed by atoms with Gasteiger partial charge >= 0.3 is 0 Å². The molecule has 1 saturated heterocycles. The molecule has 0 radical (unpaired) electrons. The van der Waals surface area contributed by atoms with E-state index < -0.39 is 0 Å². The molecule has 0 spiro atoms. The third-order valence-corrected chi connectivity index (χ3v) is 5.00. The Kier molecular flexibility index (Phi) is 4.20. The zero-order chi connectivity index (χ0) is 15.0. The summed E-state index contributed by atoms with van der Waals surface area (Å²) in [6.07, 6.45) is 1.99. The third-order valence-electron chi connectivity index (χ3n) is 5.00. The molecule has 21 heavy (non-hydrogen) atoms. The van der Waals surface area contributed by atoms with Crippen molar-refractivity contribution in [3.63, 3.8) is 0 Å². The van der Waals surface area contributed by atoms with Gasteiger partial charge in [-0.2, -0.15) is 0 Å². The highest BCUT2D eigenvalue weighted by Gasteiger charge is 2.30. The van der Waals surface area contributed by atoms with Crippen molar-refractivity contribution >= 4 is 6.20 Å². The third kappa shape index (κ3) is 2.68. The molecule has 2 atom stereocenters. The van der Waals surface area contributed by atoms with E-state index in [-0.39, 0.29) is 0 Å². The Labute approximate surface area is 128 Å². The summed E-state index contributed by atoms with van der Waals surface area (Å²) in [5.41, 5.74) is 4.30. The van der Waals surface area contributed by atoms with E-state index in [0.29, 0.717) is 12.0 Å². The maximum atomic E-state index is 5.45. The summed E-state index contributed by atoms with van der Waals surface area (Å²) in [6.45, 7) is 14.5. The number of ether oxygens (including phenoxy) is 1. The summed E-state index contributed by atoms with van der Waals surface area (Å²) in [4.78, 5) is 4.92. The fourth-order valence-electron chi connectivity index (χ4n) is 3.71. The molecule has 3 heterocycles. The summed E-state index contributed by atoms with van der Waals surface area (Å²) in [5.74, 6) is 0.553. The normalized spacial score (nSPS) is 27.6. The Hall–Kier alpha value is -1.10. The van der Waals surface area contributed by atoms with E-state index in [1.807, 2.05) is 6.20 Å². The van der Waals surface area contributed by atoms with Gasteiger partial charge in [-0.25, -0.2) is 0 Å².